The van der Waals surface area contributed by atoms with Crippen LogP contribution in [0.1, 0.15) is 20.3 Å². The average Bonchev–Trinajstić information content (AvgIpc) is 2.62. The van der Waals surface area contributed by atoms with Crippen LogP contribution < -0.4 is 0 Å². The van der Waals surface area contributed by atoms with Crippen LogP contribution in [0.4, 0.5) is 0 Å². The van der Waals surface area contributed by atoms with Crippen molar-refractivity contribution >= 4 is 5.91 Å². The number of amides is 1. The predicted octanol–water partition coefficient (Wildman–Crippen LogP) is 0.574. The van der Waals surface area contributed by atoms with Crippen molar-refractivity contribution in [2.45, 2.75) is 32.4 Å². The van der Waals surface area contributed by atoms with Crippen LogP contribution in [0, 0.1) is 0 Å². The maximum absolute atomic E-state index is 11.7. The molecule has 0 aliphatic carbocycles. The Labute approximate surface area is 92.2 Å². The van der Waals surface area contributed by atoms with Gasteiger partial charge in [-0.3, -0.25) is 4.79 Å². The summed E-state index contributed by atoms with van der Waals surface area (Å²) in [6, 6.07) is 0.507. The van der Waals surface area contributed by atoms with Gasteiger partial charge in [0.05, 0.1) is 6.10 Å². The second-order valence-electron chi connectivity index (χ2n) is 4.61. The van der Waals surface area contributed by atoms with Gasteiger partial charge in [0.15, 0.2) is 0 Å². The molecule has 0 aromatic rings. The lowest BCUT2D eigenvalue weighted by Gasteiger charge is -2.20. The van der Waals surface area contributed by atoms with Gasteiger partial charge >= 0.3 is 0 Å². The van der Waals surface area contributed by atoms with Crippen LogP contribution in [0.15, 0.2) is 0 Å². The lowest BCUT2D eigenvalue weighted by Crippen LogP contribution is -2.36. The van der Waals surface area contributed by atoms with Gasteiger partial charge in [-0.05, 0) is 34.4 Å². The minimum atomic E-state index is 0.119. The van der Waals surface area contributed by atoms with Crippen molar-refractivity contribution in [1.82, 2.24) is 9.80 Å². The Morgan fingerprint density at radius 2 is 2.20 bits per heavy atom. The number of likely N-dealkylation sites (N-methyl/N-ethyl adjacent to an activating group) is 1. The van der Waals surface area contributed by atoms with Crippen molar-refractivity contribution in [2.75, 3.05) is 33.8 Å². The van der Waals surface area contributed by atoms with E-state index < -0.39 is 0 Å². The van der Waals surface area contributed by atoms with Crippen molar-refractivity contribution < 1.29 is 9.53 Å². The Morgan fingerprint density at radius 1 is 1.53 bits per heavy atom. The molecule has 1 aliphatic heterocycles. The lowest BCUT2D eigenvalue weighted by molar-refractivity contribution is -0.136. The highest BCUT2D eigenvalue weighted by atomic mass is 16.5. The minimum absolute atomic E-state index is 0.119. The van der Waals surface area contributed by atoms with Gasteiger partial charge in [-0.1, -0.05) is 0 Å². The molecular weight excluding hydrogens is 192 g/mol. The van der Waals surface area contributed by atoms with Crippen LogP contribution in [-0.4, -0.2) is 61.6 Å². The predicted molar refractivity (Wildman–Crippen MR) is 59.8 cm³/mol. The highest BCUT2D eigenvalue weighted by molar-refractivity contribution is 5.77. The van der Waals surface area contributed by atoms with Crippen LogP contribution in [0.3, 0.4) is 0 Å². The summed E-state index contributed by atoms with van der Waals surface area (Å²) in [7, 11) is 4.12. The molecule has 1 rings (SSSR count). The van der Waals surface area contributed by atoms with Crippen molar-refractivity contribution in [2.24, 2.45) is 0 Å². The third-order valence-corrected chi connectivity index (χ3v) is 2.79. The third-order valence-electron chi connectivity index (χ3n) is 2.79. The zero-order valence-corrected chi connectivity index (χ0v) is 10.2. The smallest absolute Gasteiger partial charge is 0.248 e. The van der Waals surface area contributed by atoms with E-state index in [1.807, 2.05) is 18.7 Å². The molecule has 0 aromatic carbocycles. The van der Waals surface area contributed by atoms with Crippen molar-refractivity contribution in [3.63, 3.8) is 0 Å². The molecule has 0 aromatic heterocycles. The fourth-order valence-electron chi connectivity index (χ4n) is 1.72. The molecule has 1 atom stereocenters. The standard InChI is InChI=1S/C11H22N2O2/c1-9(2)15-8-11(14)13-6-5-10(7-13)12(3)4/h9-10H,5-8H2,1-4H3. The number of nitrogens with zero attached hydrogens (tertiary/aromatic N) is 2. The molecule has 88 valence electrons. The summed E-state index contributed by atoms with van der Waals surface area (Å²) in [5.74, 6) is 0.119. The minimum Gasteiger partial charge on any atom is -0.369 e. The Hall–Kier alpha value is -0.610. The Kier molecular flexibility index (Phi) is 4.54. The summed E-state index contributed by atoms with van der Waals surface area (Å²) >= 11 is 0. The van der Waals surface area contributed by atoms with E-state index in [9.17, 15) is 4.79 Å². The number of carbonyl (C=O) groups excluding carboxylic acids is 1. The molecule has 1 heterocycles. The Balaban J connectivity index is 2.30. The summed E-state index contributed by atoms with van der Waals surface area (Å²) in [6.45, 7) is 5.81. The number of likely N-dealkylation sites (tertiary alicyclic amines) is 1. The molecule has 1 aliphatic rings. The summed E-state index contributed by atoms with van der Waals surface area (Å²) in [5.41, 5.74) is 0. The quantitative estimate of drug-likeness (QED) is 0.686. The van der Waals surface area contributed by atoms with Gasteiger partial charge in [0.1, 0.15) is 6.61 Å². The van der Waals surface area contributed by atoms with Gasteiger partial charge in [0.25, 0.3) is 0 Å². The van der Waals surface area contributed by atoms with Crippen molar-refractivity contribution in [3.8, 4) is 0 Å². The zero-order chi connectivity index (χ0) is 11.4. The molecule has 4 heteroatoms. The van der Waals surface area contributed by atoms with Crippen LogP contribution in [0.5, 0.6) is 0 Å². The summed E-state index contributed by atoms with van der Waals surface area (Å²) in [4.78, 5) is 15.8. The molecule has 1 unspecified atom stereocenters. The first-order valence-corrected chi connectivity index (χ1v) is 5.56. The molecule has 1 fully saturated rings. The Morgan fingerprint density at radius 3 is 2.67 bits per heavy atom. The summed E-state index contributed by atoms with van der Waals surface area (Å²) in [5, 5.41) is 0. The third kappa shape index (κ3) is 3.80. The first-order valence-electron chi connectivity index (χ1n) is 5.56. The fraction of sp³-hybridized carbons (Fsp3) is 0.909. The second kappa shape index (κ2) is 5.47. The number of rotatable bonds is 4. The van der Waals surface area contributed by atoms with Gasteiger partial charge in [-0.15, -0.1) is 0 Å². The largest absolute Gasteiger partial charge is 0.369 e. The van der Waals surface area contributed by atoms with Crippen LogP contribution in [0.2, 0.25) is 0 Å². The SMILES string of the molecule is CC(C)OCC(=O)N1CCC(N(C)C)C1. The molecule has 4 nitrogen and oxygen atoms in total. The molecule has 0 N–H and O–H groups in total. The van der Waals surface area contributed by atoms with Crippen molar-refractivity contribution in [1.29, 1.82) is 0 Å². The Bertz CT molecular complexity index is 217. The normalized spacial score (nSPS) is 21.7. The zero-order valence-electron chi connectivity index (χ0n) is 10.2. The monoisotopic (exact) mass is 214 g/mol. The average molecular weight is 214 g/mol. The van der Waals surface area contributed by atoms with Gasteiger partial charge in [0.2, 0.25) is 5.91 Å². The van der Waals surface area contributed by atoms with E-state index in [0.717, 1.165) is 19.5 Å². The first kappa shape index (κ1) is 12.5. The van der Waals surface area contributed by atoms with Crippen LogP contribution >= 0.6 is 0 Å². The van der Waals surface area contributed by atoms with E-state index in [2.05, 4.69) is 19.0 Å². The maximum atomic E-state index is 11.7. The number of ether oxygens (including phenoxy) is 1. The molecule has 0 bridgehead atoms. The van der Waals surface area contributed by atoms with E-state index >= 15 is 0 Å². The van der Waals surface area contributed by atoms with Crippen molar-refractivity contribution in [3.05, 3.63) is 0 Å². The van der Waals surface area contributed by atoms with Crippen LogP contribution in [-0.2, 0) is 9.53 Å². The maximum Gasteiger partial charge on any atom is 0.248 e. The van der Waals surface area contributed by atoms with Gasteiger partial charge in [-0.25, -0.2) is 0 Å². The van der Waals surface area contributed by atoms with E-state index in [-0.39, 0.29) is 18.6 Å². The van der Waals surface area contributed by atoms with E-state index in [1.54, 1.807) is 0 Å². The fourth-order valence-corrected chi connectivity index (χ4v) is 1.72. The highest BCUT2D eigenvalue weighted by Gasteiger charge is 2.27. The summed E-state index contributed by atoms with van der Waals surface area (Å²) < 4.78 is 5.31. The molecule has 15 heavy (non-hydrogen) atoms. The second-order valence-corrected chi connectivity index (χ2v) is 4.61. The van der Waals surface area contributed by atoms with E-state index in [1.165, 1.54) is 0 Å². The molecule has 0 saturated carbocycles. The topological polar surface area (TPSA) is 32.8 Å². The number of hydrogen-bond acceptors (Lipinski definition) is 3. The van der Waals surface area contributed by atoms with Crippen LogP contribution in [0.25, 0.3) is 0 Å². The molecule has 0 radical (unpaired) electrons. The van der Waals surface area contributed by atoms with Gasteiger partial charge in [-0.2, -0.15) is 0 Å². The summed E-state index contributed by atoms with van der Waals surface area (Å²) in [6.07, 6.45) is 1.20. The molecule has 1 saturated heterocycles. The lowest BCUT2D eigenvalue weighted by atomic mass is 10.2. The van der Waals surface area contributed by atoms with Gasteiger partial charge < -0.3 is 14.5 Å². The van der Waals surface area contributed by atoms with E-state index in [0.29, 0.717) is 6.04 Å². The molecular formula is C11H22N2O2. The molecule has 1 amide bonds. The highest BCUT2D eigenvalue weighted by Crippen LogP contribution is 2.13. The first-order chi connectivity index (χ1) is 7.00. The van der Waals surface area contributed by atoms with E-state index in [4.69, 9.17) is 4.74 Å². The number of carbonyl (C=O) groups is 1. The van der Waals surface area contributed by atoms with Gasteiger partial charge in [0, 0.05) is 19.1 Å². The molecule has 0 spiro atoms. The number of hydrogen-bond donors (Lipinski definition) is 0.